The Morgan fingerprint density at radius 3 is 2.59 bits per heavy atom. The fraction of sp³-hybridized carbons (Fsp3) is 0.692. The van der Waals surface area contributed by atoms with Crippen LogP contribution in [-0.2, 0) is 0 Å². The molecule has 94 valence electrons. The third-order valence-electron chi connectivity index (χ3n) is 3.67. The summed E-state index contributed by atoms with van der Waals surface area (Å²) in [4.78, 5) is 11.3. The molecule has 4 nitrogen and oxygen atoms in total. The van der Waals surface area contributed by atoms with Crippen LogP contribution >= 0.6 is 0 Å². The Kier molecular flexibility index (Phi) is 3.62. The van der Waals surface area contributed by atoms with Crippen LogP contribution in [0.25, 0.3) is 0 Å². The van der Waals surface area contributed by atoms with Crippen molar-refractivity contribution < 1.29 is 0 Å². The molecule has 0 aliphatic carbocycles. The molecule has 0 bridgehead atoms. The monoisotopic (exact) mass is 234 g/mol. The lowest BCUT2D eigenvalue weighted by molar-refractivity contribution is 0.305. The number of aryl methyl sites for hydroxylation is 2. The van der Waals surface area contributed by atoms with Gasteiger partial charge in [0.1, 0.15) is 0 Å². The largest absolute Gasteiger partial charge is 0.340 e. The fourth-order valence-electron chi connectivity index (χ4n) is 2.49. The Morgan fingerprint density at radius 2 is 2.00 bits per heavy atom. The molecule has 1 saturated heterocycles. The van der Waals surface area contributed by atoms with Gasteiger partial charge in [0.05, 0.1) is 0 Å². The molecule has 1 aromatic rings. The minimum Gasteiger partial charge on any atom is -0.340 e. The summed E-state index contributed by atoms with van der Waals surface area (Å²) in [5.41, 5.74) is 7.90. The van der Waals surface area contributed by atoms with Gasteiger partial charge >= 0.3 is 0 Å². The predicted octanol–water partition coefficient (Wildman–Crippen LogP) is 1.51. The highest BCUT2D eigenvalue weighted by atomic mass is 15.3. The first-order valence-electron chi connectivity index (χ1n) is 6.37. The first kappa shape index (κ1) is 12.3. The van der Waals surface area contributed by atoms with Crippen molar-refractivity contribution in [2.75, 3.05) is 24.5 Å². The first-order chi connectivity index (χ1) is 8.10. The van der Waals surface area contributed by atoms with E-state index in [4.69, 9.17) is 5.73 Å². The van der Waals surface area contributed by atoms with Gasteiger partial charge in [0.2, 0.25) is 5.95 Å². The van der Waals surface area contributed by atoms with Crippen molar-refractivity contribution in [1.29, 1.82) is 0 Å². The summed E-state index contributed by atoms with van der Waals surface area (Å²) in [6.07, 6.45) is 1.18. The average Bonchev–Trinajstić information content (AvgIpc) is 2.28. The summed E-state index contributed by atoms with van der Waals surface area (Å²) >= 11 is 0. The van der Waals surface area contributed by atoms with Gasteiger partial charge in [-0.05, 0) is 44.7 Å². The van der Waals surface area contributed by atoms with Crippen molar-refractivity contribution in [2.24, 2.45) is 17.6 Å². The van der Waals surface area contributed by atoms with Gasteiger partial charge in [-0.1, -0.05) is 6.92 Å². The molecule has 4 heteroatoms. The van der Waals surface area contributed by atoms with E-state index in [1.807, 2.05) is 19.9 Å². The molecule has 0 amide bonds. The Labute approximate surface area is 103 Å². The number of nitrogens with two attached hydrogens (primary N) is 1. The zero-order chi connectivity index (χ0) is 12.4. The van der Waals surface area contributed by atoms with Gasteiger partial charge < -0.3 is 10.6 Å². The van der Waals surface area contributed by atoms with E-state index in [1.54, 1.807) is 0 Å². The smallest absolute Gasteiger partial charge is 0.225 e. The first-order valence-corrected chi connectivity index (χ1v) is 6.37. The summed E-state index contributed by atoms with van der Waals surface area (Å²) in [7, 11) is 0. The van der Waals surface area contributed by atoms with Gasteiger partial charge in [-0.2, -0.15) is 0 Å². The van der Waals surface area contributed by atoms with Crippen LogP contribution < -0.4 is 10.6 Å². The predicted molar refractivity (Wildman–Crippen MR) is 70.0 cm³/mol. The lowest BCUT2D eigenvalue weighted by Gasteiger charge is -2.36. The van der Waals surface area contributed by atoms with Crippen molar-refractivity contribution >= 4 is 5.95 Å². The number of rotatable bonds is 2. The Balaban J connectivity index is 2.17. The van der Waals surface area contributed by atoms with E-state index < -0.39 is 0 Å². The lowest BCUT2D eigenvalue weighted by atomic mass is 9.87. The molecule has 1 aliphatic heterocycles. The molecule has 0 spiro atoms. The van der Waals surface area contributed by atoms with Gasteiger partial charge in [0, 0.05) is 24.5 Å². The van der Waals surface area contributed by atoms with Crippen molar-refractivity contribution in [3.63, 3.8) is 0 Å². The summed E-state index contributed by atoms with van der Waals surface area (Å²) in [5.74, 6) is 2.14. The maximum atomic E-state index is 5.83. The van der Waals surface area contributed by atoms with Crippen LogP contribution in [0.2, 0.25) is 0 Å². The van der Waals surface area contributed by atoms with Crippen LogP contribution in [0.5, 0.6) is 0 Å². The van der Waals surface area contributed by atoms with Crippen LogP contribution in [-0.4, -0.2) is 29.6 Å². The van der Waals surface area contributed by atoms with E-state index in [9.17, 15) is 0 Å². The van der Waals surface area contributed by atoms with Crippen LogP contribution in [0, 0.1) is 25.7 Å². The minimum atomic E-state index is 0.563. The minimum absolute atomic E-state index is 0.563. The molecule has 1 fully saturated rings. The number of nitrogens with zero attached hydrogens (tertiary/aromatic N) is 3. The zero-order valence-electron chi connectivity index (χ0n) is 11.0. The SMILES string of the molecule is Cc1cc(C)nc(N2CCC(C)C(CN)C2)n1. The molecular weight excluding hydrogens is 212 g/mol. The molecule has 2 atom stereocenters. The number of piperidine rings is 1. The molecule has 0 saturated carbocycles. The van der Waals surface area contributed by atoms with Gasteiger partial charge in [-0.25, -0.2) is 9.97 Å². The molecule has 17 heavy (non-hydrogen) atoms. The zero-order valence-corrected chi connectivity index (χ0v) is 11.0. The molecule has 2 N–H and O–H groups in total. The third-order valence-corrected chi connectivity index (χ3v) is 3.67. The second-order valence-electron chi connectivity index (χ2n) is 5.16. The molecule has 2 rings (SSSR count). The standard InChI is InChI=1S/C13H22N4/c1-9-4-5-17(8-12(9)7-14)13-15-10(2)6-11(3)16-13/h6,9,12H,4-5,7-8,14H2,1-3H3. The van der Waals surface area contributed by atoms with Crippen molar-refractivity contribution in [3.05, 3.63) is 17.5 Å². The van der Waals surface area contributed by atoms with E-state index in [1.165, 1.54) is 6.42 Å². The second-order valence-corrected chi connectivity index (χ2v) is 5.16. The van der Waals surface area contributed by atoms with E-state index >= 15 is 0 Å². The highest BCUT2D eigenvalue weighted by Gasteiger charge is 2.26. The highest BCUT2D eigenvalue weighted by molar-refractivity contribution is 5.33. The summed E-state index contributed by atoms with van der Waals surface area (Å²) in [5, 5.41) is 0. The maximum Gasteiger partial charge on any atom is 0.225 e. The molecule has 0 aromatic carbocycles. The number of anilines is 1. The topological polar surface area (TPSA) is 55.0 Å². The molecule has 2 unspecified atom stereocenters. The van der Waals surface area contributed by atoms with Crippen LogP contribution in [0.15, 0.2) is 6.07 Å². The van der Waals surface area contributed by atoms with Gasteiger partial charge in [-0.3, -0.25) is 0 Å². The summed E-state index contributed by atoms with van der Waals surface area (Å²) in [6, 6.07) is 2.01. The Hall–Kier alpha value is -1.16. The number of hydrogen-bond acceptors (Lipinski definition) is 4. The van der Waals surface area contributed by atoms with Crippen LogP contribution in [0.1, 0.15) is 24.7 Å². The van der Waals surface area contributed by atoms with Gasteiger partial charge in [0.25, 0.3) is 0 Å². The van der Waals surface area contributed by atoms with E-state index in [2.05, 4.69) is 21.8 Å². The van der Waals surface area contributed by atoms with Crippen molar-refractivity contribution in [2.45, 2.75) is 27.2 Å². The number of hydrogen-bond donors (Lipinski definition) is 1. The molecule has 1 aromatic heterocycles. The van der Waals surface area contributed by atoms with Crippen LogP contribution in [0.4, 0.5) is 5.95 Å². The number of aromatic nitrogens is 2. The fourth-order valence-corrected chi connectivity index (χ4v) is 2.49. The van der Waals surface area contributed by atoms with Crippen molar-refractivity contribution in [1.82, 2.24) is 9.97 Å². The third kappa shape index (κ3) is 2.75. The quantitative estimate of drug-likeness (QED) is 0.843. The van der Waals surface area contributed by atoms with Gasteiger partial charge in [0.15, 0.2) is 0 Å². The average molecular weight is 234 g/mol. The summed E-state index contributed by atoms with van der Waals surface area (Å²) < 4.78 is 0. The van der Waals surface area contributed by atoms with E-state index in [-0.39, 0.29) is 0 Å². The second kappa shape index (κ2) is 5.00. The van der Waals surface area contributed by atoms with Gasteiger partial charge in [-0.15, -0.1) is 0 Å². The summed E-state index contributed by atoms with van der Waals surface area (Å²) in [6.45, 7) is 9.11. The maximum absolute atomic E-state index is 5.83. The Bertz CT molecular complexity index is 371. The highest BCUT2D eigenvalue weighted by Crippen LogP contribution is 2.24. The molecule has 0 radical (unpaired) electrons. The normalized spacial score (nSPS) is 25.1. The lowest BCUT2D eigenvalue weighted by Crippen LogP contribution is -2.43. The molecular formula is C13H22N4. The van der Waals surface area contributed by atoms with E-state index in [0.29, 0.717) is 11.8 Å². The molecule has 2 heterocycles. The van der Waals surface area contributed by atoms with E-state index in [0.717, 1.165) is 37.0 Å². The van der Waals surface area contributed by atoms with Crippen LogP contribution in [0.3, 0.4) is 0 Å². The van der Waals surface area contributed by atoms with Crippen molar-refractivity contribution in [3.8, 4) is 0 Å². The molecule has 1 aliphatic rings. The Morgan fingerprint density at radius 1 is 1.35 bits per heavy atom.